The van der Waals surface area contributed by atoms with Gasteiger partial charge in [-0.25, -0.2) is 0 Å². The molecule has 0 aliphatic heterocycles. The monoisotopic (exact) mass is 209 g/mol. The van der Waals surface area contributed by atoms with Gasteiger partial charge in [0, 0.05) is 9.41 Å². The van der Waals surface area contributed by atoms with Gasteiger partial charge in [0.05, 0.1) is 0 Å². The first-order chi connectivity index (χ1) is 6.63. The Morgan fingerprint density at radius 3 is 3.00 bits per heavy atom. The van der Waals surface area contributed by atoms with Crippen molar-refractivity contribution in [3.8, 4) is 0 Å². The Morgan fingerprint density at radius 1 is 1.71 bits per heavy atom. The number of aliphatic hydroxyl groups is 1. The van der Waals surface area contributed by atoms with Crippen LogP contribution in [0.2, 0.25) is 0 Å². The van der Waals surface area contributed by atoms with E-state index in [1.807, 2.05) is 13.1 Å². The number of likely N-dealkylation sites (N-methyl/N-ethyl adjacent to an activating group) is 1. The van der Waals surface area contributed by atoms with Crippen LogP contribution in [0.15, 0.2) is 18.4 Å². The summed E-state index contributed by atoms with van der Waals surface area (Å²) in [5, 5.41) is 13.1. The van der Waals surface area contributed by atoms with E-state index in [0.717, 1.165) is 22.7 Å². The molecule has 1 aromatic rings. The summed E-state index contributed by atoms with van der Waals surface area (Å²) < 4.78 is 0.978. The third kappa shape index (κ3) is 3.01. The minimum Gasteiger partial charge on any atom is -0.509 e. The van der Waals surface area contributed by atoms with E-state index in [2.05, 4.69) is 18.5 Å². The van der Waals surface area contributed by atoms with Crippen molar-refractivity contribution in [1.82, 2.24) is 5.32 Å². The fourth-order valence-corrected chi connectivity index (χ4v) is 2.12. The first kappa shape index (κ1) is 11.0. The average molecular weight is 209 g/mol. The maximum absolute atomic E-state index is 9.03. The molecule has 76 valence electrons. The van der Waals surface area contributed by atoms with Crippen LogP contribution in [-0.4, -0.2) is 18.7 Å². The molecule has 0 aromatic carbocycles. The Bertz CT molecular complexity index is 419. The molecule has 0 aliphatic carbocycles. The fraction of sp³-hybridized carbons (Fsp3) is 0.273. The molecule has 0 fully saturated rings. The SMILES string of the molecule is C=C(O)/C=c1/cc(CCNC)sc1=C. The third-order valence-electron chi connectivity index (χ3n) is 1.84. The van der Waals surface area contributed by atoms with E-state index < -0.39 is 0 Å². The van der Waals surface area contributed by atoms with E-state index in [4.69, 9.17) is 5.11 Å². The Labute approximate surface area is 87.9 Å². The molecule has 0 unspecified atom stereocenters. The molecule has 0 saturated carbocycles. The largest absolute Gasteiger partial charge is 0.509 e. The first-order valence-electron chi connectivity index (χ1n) is 4.45. The molecule has 1 rings (SSSR count). The van der Waals surface area contributed by atoms with Gasteiger partial charge in [-0.2, -0.15) is 0 Å². The summed E-state index contributed by atoms with van der Waals surface area (Å²) in [7, 11) is 1.93. The van der Waals surface area contributed by atoms with Gasteiger partial charge in [0.25, 0.3) is 0 Å². The lowest BCUT2D eigenvalue weighted by molar-refractivity contribution is 0.444. The maximum Gasteiger partial charge on any atom is 0.109 e. The second-order valence-electron chi connectivity index (χ2n) is 3.08. The van der Waals surface area contributed by atoms with Gasteiger partial charge in [-0.1, -0.05) is 13.2 Å². The summed E-state index contributed by atoms with van der Waals surface area (Å²) in [6.45, 7) is 8.30. The van der Waals surface area contributed by atoms with Crippen LogP contribution >= 0.6 is 11.3 Å². The Balaban J connectivity index is 2.94. The van der Waals surface area contributed by atoms with E-state index in [1.54, 1.807) is 17.4 Å². The van der Waals surface area contributed by atoms with Gasteiger partial charge in [-0.05, 0) is 37.4 Å². The lowest BCUT2D eigenvalue weighted by atomic mass is 10.3. The highest BCUT2D eigenvalue weighted by atomic mass is 32.1. The maximum atomic E-state index is 9.03. The molecule has 14 heavy (non-hydrogen) atoms. The van der Waals surface area contributed by atoms with E-state index in [9.17, 15) is 0 Å². The summed E-state index contributed by atoms with van der Waals surface area (Å²) in [4.78, 5) is 1.27. The van der Waals surface area contributed by atoms with Crippen molar-refractivity contribution in [3.05, 3.63) is 33.0 Å². The quantitative estimate of drug-likeness (QED) is 0.718. The normalized spacial score (nSPS) is 11.9. The zero-order valence-electron chi connectivity index (χ0n) is 8.34. The van der Waals surface area contributed by atoms with Gasteiger partial charge in [0.2, 0.25) is 0 Å². The van der Waals surface area contributed by atoms with Crippen LogP contribution in [0.3, 0.4) is 0 Å². The highest BCUT2D eigenvalue weighted by Gasteiger charge is 1.96. The Hall–Kier alpha value is -1.06. The molecule has 1 heterocycles. The van der Waals surface area contributed by atoms with Crippen molar-refractivity contribution in [3.63, 3.8) is 0 Å². The number of hydrogen-bond donors (Lipinski definition) is 2. The predicted molar refractivity (Wildman–Crippen MR) is 63.0 cm³/mol. The van der Waals surface area contributed by atoms with E-state index >= 15 is 0 Å². The molecule has 0 bridgehead atoms. The predicted octanol–water partition coefficient (Wildman–Crippen LogP) is 0.772. The fourth-order valence-electron chi connectivity index (χ4n) is 1.17. The van der Waals surface area contributed by atoms with Crippen molar-refractivity contribution in [2.45, 2.75) is 6.42 Å². The molecule has 0 saturated heterocycles. The van der Waals surface area contributed by atoms with E-state index in [1.165, 1.54) is 4.88 Å². The number of rotatable bonds is 4. The van der Waals surface area contributed by atoms with Gasteiger partial charge in [-0.3, -0.25) is 0 Å². The van der Waals surface area contributed by atoms with Crippen molar-refractivity contribution in [2.24, 2.45) is 0 Å². The molecule has 2 N–H and O–H groups in total. The van der Waals surface area contributed by atoms with Gasteiger partial charge in [0.15, 0.2) is 0 Å². The standard InChI is InChI=1S/C11H15NOS/c1-8(13)6-10-7-11(4-5-12-3)14-9(10)2/h6-7,12-13H,1-2,4-5H2,3H3/b10-6-. The van der Waals surface area contributed by atoms with E-state index in [0.29, 0.717) is 0 Å². The molecule has 0 aliphatic rings. The van der Waals surface area contributed by atoms with Crippen LogP contribution in [-0.2, 0) is 6.42 Å². The molecule has 3 heteroatoms. The zero-order valence-corrected chi connectivity index (χ0v) is 9.16. The average Bonchev–Trinajstić information content (AvgIpc) is 2.43. The molecule has 0 radical (unpaired) electrons. The van der Waals surface area contributed by atoms with E-state index in [-0.39, 0.29) is 5.76 Å². The van der Waals surface area contributed by atoms with Crippen molar-refractivity contribution >= 4 is 24.0 Å². The number of thiophene rings is 1. The molecule has 0 amide bonds. The third-order valence-corrected chi connectivity index (χ3v) is 2.90. The lowest BCUT2D eigenvalue weighted by Crippen LogP contribution is -2.15. The number of hydrogen-bond acceptors (Lipinski definition) is 3. The van der Waals surface area contributed by atoms with Gasteiger partial charge in [0.1, 0.15) is 5.76 Å². The van der Waals surface area contributed by atoms with Crippen LogP contribution in [0.25, 0.3) is 12.7 Å². The van der Waals surface area contributed by atoms with Crippen LogP contribution in [0.4, 0.5) is 0 Å². The number of aliphatic hydroxyl groups excluding tert-OH is 1. The zero-order chi connectivity index (χ0) is 10.6. The minimum atomic E-state index is 0.0767. The smallest absolute Gasteiger partial charge is 0.109 e. The Morgan fingerprint density at radius 2 is 2.43 bits per heavy atom. The van der Waals surface area contributed by atoms with Crippen LogP contribution < -0.4 is 15.1 Å². The number of nitrogens with one attached hydrogen (secondary N) is 1. The van der Waals surface area contributed by atoms with Gasteiger partial charge >= 0.3 is 0 Å². The summed E-state index contributed by atoms with van der Waals surface area (Å²) in [5.41, 5.74) is 0. The highest BCUT2D eigenvalue weighted by molar-refractivity contribution is 7.09. The summed E-state index contributed by atoms with van der Waals surface area (Å²) in [6.07, 6.45) is 2.64. The molecule has 2 nitrogen and oxygen atoms in total. The van der Waals surface area contributed by atoms with Gasteiger partial charge in [-0.15, -0.1) is 11.3 Å². The second kappa shape index (κ2) is 4.98. The van der Waals surface area contributed by atoms with Crippen LogP contribution in [0.1, 0.15) is 4.88 Å². The molecular weight excluding hydrogens is 194 g/mol. The summed E-state index contributed by atoms with van der Waals surface area (Å²) in [5.74, 6) is 0.0767. The second-order valence-corrected chi connectivity index (χ2v) is 4.30. The van der Waals surface area contributed by atoms with Crippen molar-refractivity contribution < 1.29 is 5.11 Å². The topological polar surface area (TPSA) is 32.3 Å². The van der Waals surface area contributed by atoms with Crippen molar-refractivity contribution in [2.75, 3.05) is 13.6 Å². The molecule has 1 aromatic heterocycles. The Kier molecular flexibility index (Phi) is 3.92. The molecule has 0 atom stereocenters. The van der Waals surface area contributed by atoms with Crippen LogP contribution in [0.5, 0.6) is 0 Å². The lowest BCUT2D eigenvalue weighted by Gasteiger charge is -1.93. The number of allylic oxidation sites excluding steroid dienone is 1. The van der Waals surface area contributed by atoms with Gasteiger partial charge < -0.3 is 10.4 Å². The first-order valence-corrected chi connectivity index (χ1v) is 5.27. The summed E-state index contributed by atoms with van der Waals surface area (Å²) in [6, 6.07) is 2.05. The molecule has 0 spiro atoms. The van der Waals surface area contributed by atoms with Crippen molar-refractivity contribution in [1.29, 1.82) is 0 Å². The summed E-state index contributed by atoms with van der Waals surface area (Å²) >= 11 is 1.66. The highest BCUT2D eigenvalue weighted by Crippen LogP contribution is 2.00. The molecular formula is C11H15NOS. The minimum absolute atomic E-state index is 0.0767. The van der Waals surface area contributed by atoms with Crippen LogP contribution in [0, 0.1) is 0 Å².